The zero-order valence-electron chi connectivity index (χ0n) is 28.2. The first-order valence-corrected chi connectivity index (χ1v) is 13.8. The van der Waals surface area contributed by atoms with Crippen LogP contribution in [-0.2, 0) is 20.1 Å². The molecule has 0 fully saturated rings. The first-order chi connectivity index (χ1) is 22.6. The van der Waals surface area contributed by atoms with Crippen LogP contribution in [0, 0.1) is 25.8 Å². The van der Waals surface area contributed by atoms with Gasteiger partial charge in [-0.3, -0.25) is 4.98 Å². The van der Waals surface area contributed by atoms with E-state index in [1.165, 1.54) is 6.07 Å². The summed E-state index contributed by atoms with van der Waals surface area (Å²) in [6.45, 7) is -5.19. The number of hydrogen-bond donors (Lipinski definition) is 0. The Balaban J connectivity index is 0.000000291. The molecule has 0 atom stereocenters. The Morgan fingerprint density at radius 1 is 0.690 bits per heavy atom. The Morgan fingerprint density at radius 2 is 1.43 bits per heavy atom. The fourth-order valence-electron chi connectivity index (χ4n) is 4.31. The van der Waals surface area contributed by atoms with Crippen molar-refractivity contribution < 1.29 is 28.3 Å². The summed E-state index contributed by atoms with van der Waals surface area (Å²) in [5.41, 5.74) is 5.91. The van der Waals surface area contributed by atoms with Gasteiger partial charge in [0.1, 0.15) is 5.01 Å². The van der Waals surface area contributed by atoms with Crippen LogP contribution in [0.4, 0.5) is 0 Å². The second-order valence-electron chi connectivity index (χ2n) is 9.13. The summed E-state index contributed by atoms with van der Waals surface area (Å²) < 4.78 is 47.8. The number of aromatic nitrogens is 3. The largest absolute Gasteiger partial charge is 0.305 e. The standard InChI is InChI=1S/C26H19N2S.C11H8N.Ir/c1-17-13-23(27-16-18(17)2)21-14-22(19-9-5-3-6-10-19)25-24(15-21)28-26(29-25)20-11-7-4-8-12-20;1-2-6-10(7-3-1)11-8-4-5-9-12-11;/h3-14,16H,1-2H3;1-6,8-9H;/q2*-1;/i1D3,2D3;;. The minimum atomic E-state index is -2.60. The number of fused-ring (bicyclic) bond motifs is 1. The molecule has 0 saturated carbocycles. The van der Waals surface area contributed by atoms with E-state index in [4.69, 9.17) is 13.2 Å². The van der Waals surface area contributed by atoms with Crippen LogP contribution in [0.2, 0.25) is 0 Å². The number of nitrogens with zero attached hydrogens (tertiary/aromatic N) is 3. The van der Waals surface area contributed by atoms with Gasteiger partial charge in [0.15, 0.2) is 0 Å². The van der Waals surface area contributed by atoms with Crippen LogP contribution in [-0.4, -0.2) is 15.0 Å². The number of rotatable bonds is 4. The minimum absolute atomic E-state index is 0. The van der Waals surface area contributed by atoms with Gasteiger partial charge >= 0.3 is 0 Å². The van der Waals surface area contributed by atoms with Gasteiger partial charge in [0.2, 0.25) is 0 Å². The number of pyridine rings is 2. The van der Waals surface area contributed by atoms with Crippen molar-refractivity contribution in [3.8, 4) is 44.2 Å². The Hall–Kier alpha value is -4.28. The molecule has 3 aromatic heterocycles. The number of hydrogen-bond acceptors (Lipinski definition) is 4. The second kappa shape index (κ2) is 13.6. The summed E-state index contributed by atoms with van der Waals surface area (Å²) in [5, 5.41) is 0.847. The molecule has 0 saturated heterocycles. The predicted octanol–water partition coefficient (Wildman–Crippen LogP) is 9.66. The van der Waals surface area contributed by atoms with Crippen molar-refractivity contribution in [1.82, 2.24) is 15.0 Å². The van der Waals surface area contributed by atoms with E-state index in [-0.39, 0.29) is 31.2 Å². The zero-order valence-corrected chi connectivity index (χ0v) is 25.4. The first kappa shape index (κ1) is 22.3. The van der Waals surface area contributed by atoms with E-state index < -0.39 is 13.7 Å². The maximum absolute atomic E-state index is 7.89. The van der Waals surface area contributed by atoms with Crippen LogP contribution in [0.1, 0.15) is 19.4 Å². The van der Waals surface area contributed by atoms with Crippen molar-refractivity contribution in [3.63, 3.8) is 0 Å². The average molecular weight is 744 g/mol. The van der Waals surface area contributed by atoms with Crippen LogP contribution in [0.25, 0.3) is 54.4 Å². The van der Waals surface area contributed by atoms with E-state index in [0.717, 1.165) is 43.9 Å². The van der Waals surface area contributed by atoms with Crippen molar-refractivity contribution >= 4 is 21.6 Å². The van der Waals surface area contributed by atoms with Crippen LogP contribution < -0.4 is 0 Å². The first-order valence-electron chi connectivity index (χ1n) is 15.9. The molecule has 3 heterocycles. The van der Waals surface area contributed by atoms with Gasteiger partial charge in [0.25, 0.3) is 0 Å². The molecule has 4 aromatic carbocycles. The second-order valence-corrected chi connectivity index (χ2v) is 10.1. The number of benzene rings is 4. The minimum Gasteiger partial charge on any atom is -0.305 e. The molecule has 0 N–H and O–H groups in total. The van der Waals surface area contributed by atoms with Crippen LogP contribution >= 0.6 is 11.3 Å². The predicted molar refractivity (Wildman–Crippen MR) is 171 cm³/mol. The van der Waals surface area contributed by atoms with E-state index in [1.54, 1.807) is 17.5 Å². The molecular weight excluding hydrogens is 711 g/mol. The van der Waals surface area contributed by atoms with Crippen molar-refractivity contribution in [1.29, 1.82) is 0 Å². The molecule has 1 radical (unpaired) electrons. The molecule has 0 aliphatic heterocycles. The fourth-order valence-corrected chi connectivity index (χ4v) is 5.38. The maximum atomic E-state index is 7.89. The van der Waals surface area contributed by atoms with Gasteiger partial charge < -0.3 is 9.97 Å². The number of thiazole rings is 1. The topological polar surface area (TPSA) is 38.7 Å². The van der Waals surface area contributed by atoms with Gasteiger partial charge in [-0.1, -0.05) is 90.0 Å². The van der Waals surface area contributed by atoms with Gasteiger partial charge in [0, 0.05) is 46.3 Å². The molecule has 0 unspecified atom stereocenters. The quantitative estimate of drug-likeness (QED) is 0.169. The van der Waals surface area contributed by atoms with Crippen LogP contribution in [0.5, 0.6) is 0 Å². The molecule has 0 amide bonds. The third kappa shape index (κ3) is 6.61. The molecule has 42 heavy (non-hydrogen) atoms. The molecule has 0 bridgehead atoms. The van der Waals surface area contributed by atoms with Crippen molar-refractivity contribution in [3.05, 3.63) is 151 Å². The molecule has 7 rings (SSSR count). The summed E-state index contributed by atoms with van der Waals surface area (Å²) in [6, 6.07) is 43.1. The van der Waals surface area contributed by atoms with Gasteiger partial charge in [0.05, 0.1) is 0 Å². The Labute approximate surface area is 272 Å². The van der Waals surface area contributed by atoms with E-state index in [0.29, 0.717) is 16.8 Å². The SMILES string of the molecule is [2H]C([2H])([2H])c1cnc(-c2[c-]c3nc(-c4ccccc4)sc3c(-c3ccccc3)c2)cc1C([2H])([2H])[2H].[Ir].[c-]1ccccc1-c1ccccn1. The third-order valence-corrected chi connectivity index (χ3v) is 7.49. The molecule has 5 heteroatoms. The molecule has 0 aliphatic carbocycles. The summed E-state index contributed by atoms with van der Waals surface area (Å²) in [5.74, 6) is 0. The van der Waals surface area contributed by atoms with E-state index in [9.17, 15) is 0 Å². The van der Waals surface area contributed by atoms with E-state index in [2.05, 4.69) is 22.1 Å². The molecule has 0 aliphatic rings. The van der Waals surface area contributed by atoms with Crippen LogP contribution in [0.3, 0.4) is 0 Å². The zero-order chi connectivity index (χ0) is 33.0. The van der Waals surface area contributed by atoms with E-state index in [1.807, 2.05) is 109 Å². The molecule has 207 valence electrons. The Kier molecular flexibility index (Phi) is 7.23. The smallest absolute Gasteiger partial charge is 0.113 e. The molecule has 3 nitrogen and oxygen atoms in total. The fraction of sp³-hybridized carbons (Fsp3) is 0.0541. The monoisotopic (exact) mass is 744 g/mol. The number of aryl methyl sites for hydroxylation is 2. The van der Waals surface area contributed by atoms with Crippen molar-refractivity contribution in [2.24, 2.45) is 0 Å². The van der Waals surface area contributed by atoms with Gasteiger partial charge in [-0.05, 0) is 52.5 Å². The maximum Gasteiger partial charge on any atom is 0.113 e. The normalized spacial score (nSPS) is 13.1. The van der Waals surface area contributed by atoms with Gasteiger partial charge in [-0.2, -0.15) is 11.3 Å². The molecular formula is C37H27IrN3S-2. The Bertz CT molecular complexity index is 2070. The summed E-state index contributed by atoms with van der Waals surface area (Å²) in [7, 11) is 0. The molecule has 0 spiro atoms. The van der Waals surface area contributed by atoms with E-state index >= 15 is 0 Å². The Morgan fingerprint density at radius 3 is 2.12 bits per heavy atom. The van der Waals surface area contributed by atoms with Crippen molar-refractivity contribution in [2.75, 3.05) is 0 Å². The third-order valence-electron chi connectivity index (χ3n) is 6.35. The van der Waals surface area contributed by atoms with Gasteiger partial charge in [-0.15, -0.1) is 53.6 Å². The molecule has 7 aromatic rings. The summed E-state index contributed by atoms with van der Waals surface area (Å²) >= 11 is 1.56. The van der Waals surface area contributed by atoms with Crippen molar-refractivity contribution in [2.45, 2.75) is 13.7 Å². The summed E-state index contributed by atoms with van der Waals surface area (Å²) in [6.07, 6.45) is 2.93. The van der Waals surface area contributed by atoms with Gasteiger partial charge in [-0.25, -0.2) is 0 Å². The summed E-state index contributed by atoms with van der Waals surface area (Å²) in [4.78, 5) is 13.4. The average Bonchev–Trinajstić information content (AvgIpc) is 3.53. The van der Waals surface area contributed by atoms with Crippen LogP contribution in [0.15, 0.2) is 128 Å².